The van der Waals surface area contributed by atoms with E-state index in [-0.39, 0.29) is 0 Å². The first-order valence-corrected chi connectivity index (χ1v) is 3.06. The average molecular weight is 146 g/mol. The lowest BCUT2D eigenvalue weighted by molar-refractivity contribution is 0.111. The van der Waals surface area contributed by atoms with Crippen LogP contribution >= 0.6 is 0 Å². The molecule has 0 aliphatic heterocycles. The van der Waals surface area contributed by atoms with Crippen LogP contribution in [0.3, 0.4) is 0 Å². The number of aromatic amines is 1. The lowest BCUT2D eigenvalue weighted by Gasteiger charge is -1.75. The van der Waals surface area contributed by atoms with E-state index < -0.39 is 0 Å². The summed E-state index contributed by atoms with van der Waals surface area (Å²) in [6, 6.07) is 3.53. The SMILES string of the molecule is N#CC=Cc1c[nH]c(C=O)c1. The maximum Gasteiger partial charge on any atom is 0.166 e. The first-order valence-electron chi connectivity index (χ1n) is 3.06. The number of carbonyl (C=O) groups is 1. The van der Waals surface area contributed by atoms with Gasteiger partial charge in [0.05, 0.1) is 11.8 Å². The topological polar surface area (TPSA) is 56.6 Å². The Morgan fingerprint density at radius 2 is 2.45 bits per heavy atom. The van der Waals surface area contributed by atoms with Gasteiger partial charge >= 0.3 is 0 Å². The predicted molar refractivity (Wildman–Crippen MR) is 40.8 cm³/mol. The number of hydrogen-bond donors (Lipinski definition) is 1. The number of hydrogen-bond acceptors (Lipinski definition) is 2. The molecule has 3 nitrogen and oxygen atoms in total. The first kappa shape index (κ1) is 7.29. The Balaban J connectivity index is 2.82. The highest BCUT2D eigenvalue weighted by atomic mass is 16.1. The van der Waals surface area contributed by atoms with Crippen LogP contribution in [-0.2, 0) is 0 Å². The van der Waals surface area contributed by atoms with E-state index in [4.69, 9.17) is 5.26 Å². The highest BCUT2D eigenvalue weighted by Gasteiger charge is 1.91. The molecular formula is C8H6N2O. The number of H-pyrrole nitrogens is 1. The van der Waals surface area contributed by atoms with E-state index >= 15 is 0 Å². The number of aldehydes is 1. The van der Waals surface area contributed by atoms with Crippen LogP contribution in [0.5, 0.6) is 0 Å². The lowest BCUT2D eigenvalue weighted by Crippen LogP contribution is -1.72. The summed E-state index contributed by atoms with van der Waals surface area (Å²) in [6.45, 7) is 0. The van der Waals surface area contributed by atoms with E-state index in [0.29, 0.717) is 5.69 Å². The summed E-state index contributed by atoms with van der Waals surface area (Å²) in [5.74, 6) is 0. The molecule has 0 unspecified atom stereocenters. The monoisotopic (exact) mass is 146 g/mol. The average Bonchev–Trinajstić information content (AvgIpc) is 2.48. The quantitative estimate of drug-likeness (QED) is 0.506. The van der Waals surface area contributed by atoms with Gasteiger partial charge in [0.1, 0.15) is 0 Å². The molecule has 0 aromatic carbocycles. The molecule has 1 N–H and O–H groups in total. The van der Waals surface area contributed by atoms with E-state index in [1.54, 1.807) is 18.3 Å². The maximum absolute atomic E-state index is 10.2. The van der Waals surface area contributed by atoms with E-state index in [9.17, 15) is 4.79 Å². The fourth-order valence-electron chi connectivity index (χ4n) is 0.727. The zero-order valence-electron chi connectivity index (χ0n) is 5.74. The number of carbonyl (C=O) groups excluding carboxylic acids is 1. The van der Waals surface area contributed by atoms with Gasteiger partial charge in [-0.3, -0.25) is 4.79 Å². The van der Waals surface area contributed by atoms with E-state index in [2.05, 4.69) is 4.98 Å². The molecular weight excluding hydrogens is 140 g/mol. The van der Waals surface area contributed by atoms with Gasteiger partial charge in [0.15, 0.2) is 6.29 Å². The molecule has 0 aliphatic rings. The third-order valence-corrected chi connectivity index (χ3v) is 1.20. The van der Waals surface area contributed by atoms with Gasteiger partial charge in [-0.25, -0.2) is 0 Å². The van der Waals surface area contributed by atoms with Gasteiger partial charge in [-0.1, -0.05) is 0 Å². The van der Waals surface area contributed by atoms with E-state index in [0.717, 1.165) is 11.8 Å². The van der Waals surface area contributed by atoms with Gasteiger partial charge in [-0.2, -0.15) is 5.26 Å². The number of nitrogens with zero attached hydrogens (tertiary/aromatic N) is 1. The van der Waals surface area contributed by atoms with Crippen LogP contribution in [0.25, 0.3) is 6.08 Å². The van der Waals surface area contributed by atoms with Gasteiger partial charge in [-0.05, 0) is 17.7 Å². The number of nitriles is 1. The van der Waals surface area contributed by atoms with Gasteiger partial charge < -0.3 is 4.98 Å². The fraction of sp³-hybridized carbons (Fsp3) is 0. The van der Waals surface area contributed by atoms with Crippen molar-refractivity contribution in [1.29, 1.82) is 5.26 Å². The third kappa shape index (κ3) is 1.80. The van der Waals surface area contributed by atoms with Gasteiger partial charge in [0.25, 0.3) is 0 Å². The Hall–Kier alpha value is -1.82. The molecule has 0 fully saturated rings. The summed E-state index contributed by atoms with van der Waals surface area (Å²) in [5, 5.41) is 8.18. The molecule has 0 amide bonds. The molecule has 54 valence electrons. The van der Waals surface area contributed by atoms with Gasteiger partial charge in [0.2, 0.25) is 0 Å². The third-order valence-electron chi connectivity index (χ3n) is 1.20. The molecule has 1 rings (SSSR count). The summed E-state index contributed by atoms with van der Waals surface area (Å²) < 4.78 is 0. The molecule has 0 saturated carbocycles. The molecule has 1 heterocycles. The van der Waals surface area contributed by atoms with Crippen LogP contribution in [0.4, 0.5) is 0 Å². The Morgan fingerprint density at radius 3 is 3.00 bits per heavy atom. The van der Waals surface area contributed by atoms with Gasteiger partial charge in [0, 0.05) is 12.3 Å². The van der Waals surface area contributed by atoms with Crippen molar-refractivity contribution in [3.8, 4) is 6.07 Å². The molecule has 0 atom stereocenters. The van der Waals surface area contributed by atoms with Crippen molar-refractivity contribution in [2.45, 2.75) is 0 Å². The number of allylic oxidation sites excluding steroid dienone is 1. The van der Waals surface area contributed by atoms with Crippen molar-refractivity contribution in [2.75, 3.05) is 0 Å². The summed E-state index contributed by atoms with van der Waals surface area (Å²) in [7, 11) is 0. The Labute approximate surface area is 64.0 Å². The highest BCUT2D eigenvalue weighted by Crippen LogP contribution is 2.02. The minimum atomic E-state index is 0.516. The molecule has 0 aliphatic carbocycles. The summed E-state index contributed by atoms with van der Waals surface area (Å²) in [6.07, 6.45) is 5.38. The van der Waals surface area contributed by atoms with Crippen molar-refractivity contribution in [3.63, 3.8) is 0 Å². The van der Waals surface area contributed by atoms with Gasteiger partial charge in [-0.15, -0.1) is 0 Å². The fourth-order valence-corrected chi connectivity index (χ4v) is 0.727. The molecule has 0 radical (unpaired) electrons. The van der Waals surface area contributed by atoms with Crippen molar-refractivity contribution in [2.24, 2.45) is 0 Å². The number of aromatic nitrogens is 1. The maximum atomic E-state index is 10.2. The largest absolute Gasteiger partial charge is 0.358 e. The van der Waals surface area contributed by atoms with Crippen LogP contribution in [0.1, 0.15) is 16.1 Å². The molecule has 1 aromatic heterocycles. The second-order valence-corrected chi connectivity index (χ2v) is 1.97. The van der Waals surface area contributed by atoms with Crippen molar-refractivity contribution < 1.29 is 4.79 Å². The first-order chi connectivity index (χ1) is 5.36. The molecule has 1 aromatic rings. The summed E-state index contributed by atoms with van der Waals surface area (Å²) in [4.78, 5) is 12.9. The Bertz CT molecular complexity index is 317. The Morgan fingerprint density at radius 1 is 1.64 bits per heavy atom. The second-order valence-electron chi connectivity index (χ2n) is 1.97. The lowest BCUT2D eigenvalue weighted by atomic mass is 10.3. The number of rotatable bonds is 2. The van der Waals surface area contributed by atoms with E-state index in [1.165, 1.54) is 6.08 Å². The Kier molecular flexibility index (Phi) is 2.24. The van der Waals surface area contributed by atoms with Crippen LogP contribution in [-0.4, -0.2) is 11.3 Å². The van der Waals surface area contributed by atoms with Crippen molar-refractivity contribution in [1.82, 2.24) is 4.98 Å². The summed E-state index contributed by atoms with van der Waals surface area (Å²) >= 11 is 0. The zero-order chi connectivity index (χ0) is 8.10. The molecule has 0 bridgehead atoms. The van der Waals surface area contributed by atoms with Crippen LogP contribution in [0.15, 0.2) is 18.3 Å². The molecule has 0 spiro atoms. The number of nitrogens with one attached hydrogen (secondary N) is 1. The van der Waals surface area contributed by atoms with Crippen molar-refractivity contribution in [3.05, 3.63) is 29.6 Å². The molecule has 11 heavy (non-hydrogen) atoms. The van der Waals surface area contributed by atoms with Crippen molar-refractivity contribution >= 4 is 12.4 Å². The molecule has 3 heteroatoms. The minimum absolute atomic E-state index is 0.516. The highest BCUT2D eigenvalue weighted by molar-refractivity contribution is 5.74. The van der Waals surface area contributed by atoms with Crippen LogP contribution in [0, 0.1) is 11.3 Å². The van der Waals surface area contributed by atoms with E-state index in [1.807, 2.05) is 6.07 Å². The smallest absolute Gasteiger partial charge is 0.166 e. The summed E-state index contributed by atoms with van der Waals surface area (Å²) in [5.41, 5.74) is 1.34. The second kappa shape index (κ2) is 3.37. The van der Waals surface area contributed by atoms with Crippen LogP contribution in [0.2, 0.25) is 0 Å². The zero-order valence-corrected chi connectivity index (χ0v) is 5.74. The molecule has 0 saturated heterocycles. The minimum Gasteiger partial charge on any atom is -0.358 e. The van der Waals surface area contributed by atoms with Crippen LogP contribution < -0.4 is 0 Å². The standard InChI is InChI=1S/C8H6N2O/c9-3-1-2-7-4-8(6-11)10-5-7/h1-2,4-6,10H. The predicted octanol–water partition coefficient (Wildman–Crippen LogP) is 1.36. The normalized spacial score (nSPS) is 9.73.